The van der Waals surface area contributed by atoms with Crippen LogP contribution in [-0.4, -0.2) is 12.6 Å². The van der Waals surface area contributed by atoms with E-state index in [4.69, 9.17) is 22.1 Å². The molecule has 0 bridgehead atoms. The van der Waals surface area contributed by atoms with Gasteiger partial charge in [0.25, 0.3) is 0 Å². The second-order valence-electron chi connectivity index (χ2n) is 4.90. The van der Waals surface area contributed by atoms with Crippen LogP contribution in [0.15, 0.2) is 30.9 Å². The Kier molecular flexibility index (Phi) is 7.61. The Morgan fingerprint density at radius 2 is 2.16 bits per heavy atom. The van der Waals surface area contributed by atoms with Crippen LogP contribution < -0.4 is 10.5 Å². The highest BCUT2D eigenvalue weighted by molar-refractivity contribution is 6.32. The quantitative estimate of drug-likeness (QED) is 0.539. The van der Waals surface area contributed by atoms with Gasteiger partial charge in [-0.3, -0.25) is 0 Å². The van der Waals surface area contributed by atoms with E-state index < -0.39 is 0 Å². The Bertz CT molecular complexity index is 390. The first-order chi connectivity index (χ1) is 9.15. The lowest BCUT2D eigenvalue weighted by molar-refractivity contribution is 0.302. The minimum absolute atomic E-state index is 0.105. The highest BCUT2D eigenvalue weighted by Gasteiger charge is 2.09. The third-order valence-electron chi connectivity index (χ3n) is 2.89. The minimum Gasteiger partial charge on any atom is -0.492 e. The van der Waals surface area contributed by atoms with E-state index in [-0.39, 0.29) is 6.04 Å². The van der Waals surface area contributed by atoms with Crippen LogP contribution in [0, 0.1) is 0 Å². The number of benzene rings is 1. The molecule has 3 heteroatoms. The zero-order chi connectivity index (χ0) is 14.1. The van der Waals surface area contributed by atoms with E-state index in [1.54, 1.807) is 0 Å². The predicted octanol–water partition coefficient (Wildman–Crippen LogP) is 4.35. The van der Waals surface area contributed by atoms with Crippen LogP contribution in [0.3, 0.4) is 0 Å². The average Bonchev–Trinajstić information content (AvgIpc) is 2.35. The number of hydrogen-bond donors (Lipinski definition) is 1. The summed E-state index contributed by atoms with van der Waals surface area (Å²) in [5, 5.41) is 0.671. The Morgan fingerprint density at radius 3 is 2.84 bits per heavy atom. The van der Waals surface area contributed by atoms with Crippen LogP contribution in [0.25, 0.3) is 0 Å². The van der Waals surface area contributed by atoms with Crippen LogP contribution in [0.1, 0.15) is 38.2 Å². The maximum atomic E-state index is 6.20. The van der Waals surface area contributed by atoms with Gasteiger partial charge >= 0.3 is 0 Å². The number of ether oxygens (including phenoxy) is 1. The molecule has 0 radical (unpaired) electrons. The molecular formula is C16H24ClNO. The van der Waals surface area contributed by atoms with Crippen molar-refractivity contribution in [2.24, 2.45) is 5.73 Å². The minimum atomic E-state index is 0.105. The SMILES string of the molecule is C=CCCCCCOc1c(Cl)cccc1CC(C)N. The molecule has 0 aromatic heterocycles. The second-order valence-corrected chi connectivity index (χ2v) is 5.30. The summed E-state index contributed by atoms with van der Waals surface area (Å²) in [4.78, 5) is 0. The van der Waals surface area contributed by atoms with Gasteiger partial charge in [0.05, 0.1) is 11.6 Å². The zero-order valence-electron chi connectivity index (χ0n) is 11.7. The summed E-state index contributed by atoms with van der Waals surface area (Å²) in [5.74, 6) is 0.796. The van der Waals surface area contributed by atoms with Crippen molar-refractivity contribution < 1.29 is 4.74 Å². The summed E-state index contributed by atoms with van der Waals surface area (Å²) in [6, 6.07) is 5.94. The molecule has 1 atom stereocenters. The van der Waals surface area contributed by atoms with Crippen molar-refractivity contribution >= 4 is 11.6 Å². The van der Waals surface area contributed by atoms with E-state index in [9.17, 15) is 0 Å². The van der Waals surface area contributed by atoms with Gasteiger partial charge in [0.1, 0.15) is 5.75 Å². The molecule has 0 spiro atoms. The number of nitrogens with two attached hydrogens (primary N) is 1. The standard InChI is InChI=1S/C16H24ClNO/c1-3-4-5-6-7-11-19-16-14(12-13(2)18)9-8-10-15(16)17/h3,8-10,13H,1,4-7,11-12,18H2,2H3. The van der Waals surface area contributed by atoms with Crippen LogP contribution in [0.2, 0.25) is 5.02 Å². The number of halogens is 1. The fraction of sp³-hybridized carbons (Fsp3) is 0.500. The Balaban J connectivity index is 2.49. The summed E-state index contributed by atoms with van der Waals surface area (Å²) < 4.78 is 5.84. The lowest BCUT2D eigenvalue weighted by atomic mass is 10.1. The first-order valence-electron chi connectivity index (χ1n) is 6.91. The van der Waals surface area contributed by atoms with Gasteiger partial charge < -0.3 is 10.5 Å². The fourth-order valence-corrected chi connectivity index (χ4v) is 2.21. The highest BCUT2D eigenvalue weighted by atomic mass is 35.5. The van der Waals surface area contributed by atoms with Gasteiger partial charge in [-0.25, -0.2) is 0 Å². The molecule has 1 rings (SSSR count). The number of rotatable bonds is 9. The smallest absolute Gasteiger partial charge is 0.141 e. The Labute approximate surface area is 121 Å². The van der Waals surface area contributed by atoms with E-state index in [1.807, 2.05) is 31.2 Å². The van der Waals surface area contributed by atoms with E-state index in [1.165, 1.54) is 6.42 Å². The van der Waals surface area contributed by atoms with Crippen molar-refractivity contribution in [3.63, 3.8) is 0 Å². The molecule has 0 aliphatic heterocycles. The first-order valence-corrected chi connectivity index (χ1v) is 7.29. The van der Waals surface area contributed by atoms with Crippen molar-refractivity contribution in [1.82, 2.24) is 0 Å². The van der Waals surface area contributed by atoms with Crippen molar-refractivity contribution in [2.75, 3.05) is 6.61 Å². The van der Waals surface area contributed by atoms with Crippen molar-refractivity contribution in [2.45, 2.75) is 45.1 Å². The monoisotopic (exact) mass is 281 g/mol. The van der Waals surface area contributed by atoms with Gasteiger partial charge in [0, 0.05) is 6.04 Å². The van der Waals surface area contributed by atoms with Crippen LogP contribution >= 0.6 is 11.6 Å². The predicted molar refractivity (Wildman–Crippen MR) is 83.0 cm³/mol. The zero-order valence-corrected chi connectivity index (χ0v) is 12.5. The summed E-state index contributed by atoms with van der Waals surface area (Å²) in [6.07, 6.45) is 7.17. The van der Waals surface area contributed by atoms with Crippen LogP contribution in [-0.2, 0) is 6.42 Å². The summed E-state index contributed by atoms with van der Waals surface area (Å²) in [6.45, 7) is 6.40. The first kappa shape index (κ1) is 16.1. The molecule has 1 aromatic carbocycles. The lowest BCUT2D eigenvalue weighted by Crippen LogP contribution is -2.18. The summed E-state index contributed by atoms with van der Waals surface area (Å²) >= 11 is 6.20. The van der Waals surface area contributed by atoms with Crippen LogP contribution in [0.4, 0.5) is 0 Å². The number of unbranched alkanes of at least 4 members (excludes halogenated alkanes) is 3. The normalized spacial score (nSPS) is 12.2. The Morgan fingerprint density at radius 1 is 1.37 bits per heavy atom. The van der Waals surface area contributed by atoms with Gasteiger partial charge in [-0.05, 0) is 50.7 Å². The molecule has 1 aromatic rings. The third-order valence-corrected chi connectivity index (χ3v) is 3.19. The molecule has 106 valence electrons. The van der Waals surface area contributed by atoms with Crippen molar-refractivity contribution in [1.29, 1.82) is 0 Å². The maximum absolute atomic E-state index is 6.20. The number of hydrogen-bond acceptors (Lipinski definition) is 2. The fourth-order valence-electron chi connectivity index (χ4n) is 1.96. The Hall–Kier alpha value is -0.990. The molecule has 2 nitrogen and oxygen atoms in total. The van der Waals surface area contributed by atoms with Gasteiger partial charge in [-0.1, -0.05) is 29.8 Å². The number of allylic oxidation sites excluding steroid dienone is 1. The lowest BCUT2D eigenvalue weighted by Gasteiger charge is -2.14. The summed E-state index contributed by atoms with van der Waals surface area (Å²) in [5.41, 5.74) is 6.94. The molecule has 0 saturated heterocycles. The molecule has 0 heterocycles. The third kappa shape index (κ3) is 6.13. The molecular weight excluding hydrogens is 258 g/mol. The van der Waals surface area contributed by atoms with Gasteiger partial charge in [-0.2, -0.15) is 0 Å². The van der Waals surface area contributed by atoms with Gasteiger partial charge in [0.15, 0.2) is 0 Å². The molecule has 0 fully saturated rings. The maximum Gasteiger partial charge on any atom is 0.141 e. The number of para-hydroxylation sites is 1. The topological polar surface area (TPSA) is 35.2 Å². The molecule has 0 aliphatic rings. The molecule has 19 heavy (non-hydrogen) atoms. The van der Waals surface area contributed by atoms with Gasteiger partial charge in [-0.15, -0.1) is 6.58 Å². The molecule has 0 saturated carbocycles. The average molecular weight is 282 g/mol. The highest BCUT2D eigenvalue weighted by Crippen LogP contribution is 2.29. The van der Waals surface area contributed by atoms with E-state index in [0.717, 1.165) is 37.0 Å². The second kappa shape index (κ2) is 9.00. The van der Waals surface area contributed by atoms with E-state index in [0.29, 0.717) is 11.6 Å². The largest absolute Gasteiger partial charge is 0.492 e. The molecule has 2 N–H and O–H groups in total. The van der Waals surface area contributed by atoms with E-state index >= 15 is 0 Å². The molecule has 0 aliphatic carbocycles. The van der Waals surface area contributed by atoms with E-state index in [2.05, 4.69) is 6.58 Å². The van der Waals surface area contributed by atoms with Gasteiger partial charge in [0.2, 0.25) is 0 Å². The van der Waals surface area contributed by atoms with Crippen molar-refractivity contribution in [3.05, 3.63) is 41.4 Å². The van der Waals surface area contributed by atoms with Crippen molar-refractivity contribution in [3.8, 4) is 5.75 Å². The molecule has 1 unspecified atom stereocenters. The molecule has 0 amide bonds. The summed E-state index contributed by atoms with van der Waals surface area (Å²) in [7, 11) is 0. The van der Waals surface area contributed by atoms with Crippen LogP contribution in [0.5, 0.6) is 5.75 Å².